The molecule has 168 valence electrons. The lowest BCUT2D eigenvalue weighted by molar-refractivity contribution is 0.0695. The van der Waals surface area contributed by atoms with Gasteiger partial charge in [0, 0.05) is 31.4 Å². The van der Waals surface area contributed by atoms with Gasteiger partial charge in [-0.15, -0.1) is 0 Å². The third-order valence-electron chi connectivity index (χ3n) is 6.53. The monoisotopic (exact) mass is 432 g/mol. The molecule has 0 spiro atoms. The number of hydrogen-bond donors (Lipinski definition) is 3. The molecule has 2 unspecified atom stereocenters. The molecule has 4 N–H and O–H groups in total. The van der Waals surface area contributed by atoms with E-state index >= 15 is 4.39 Å². The number of nitrogen functional groups attached to an aromatic ring is 1. The first kappa shape index (κ1) is 21.4. The van der Waals surface area contributed by atoms with Crippen LogP contribution in [0.2, 0.25) is 0 Å². The maximum atomic E-state index is 15.6. The number of nitrogens with zero attached hydrogens (tertiary/aromatic N) is 2. The van der Waals surface area contributed by atoms with Crippen LogP contribution < -0.4 is 26.1 Å². The van der Waals surface area contributed by atoms with Crippen LogP contribution in [0.5, 0.6) is 5.75 Å². The number of hydrogen-bond acceptors (Lipinski definition) is 6. The van der Waals surface area contributed by atoms with Gasteiger partial charge in [0.2, 0.25) is 5.43 Å². The van der Waals surface area contributed by atoms with Gasteiger partial charge in [0.1, 0.15) is 11.3 Å². The highest BCUT2D eigenvalue weighted by Crippen LogP contribution is 2.47. The van der Waals surface area contributed by atoms with Crippen molar-refractivity contribution in [2.24, 2.45) is 5.92 Å². The van der Waals surface area contributed by atoms with Gasteiger partial charge in [-0.25, -0.2) is 9.18 Å². The van der Waals surface area contributed by atoms with E-state index in [-0.39, 0.29) is 34.6 Å². The molecule has 2 aromatic rings. The van der Waals surface area contributed by atoms with Crippen molar-refractivity contribution >= 4 is 28.2 Å². The van der Waals surface area contributed by atoms with Crippen molar-refractivity contribution in [2.45, 2.75) is 45.2 Å². The smallest absolute Gasteiger partial charge is 0.341 e. The predicted molar refractivity (Wildman–Crippen MR) is 118 cm³/mol. The summed E-state index contributed by atoms with van der Waals surface area (Å²) in [6.45, 7) is 6.31. The number of aromatic nitrogens is 1. The number of benzene rings is 1. The predicted octanol–water partition coefficient (Wildman–Crippen LogP) is 2.59. The van der Waals surface area contributed by atoms with Crippen LogP contribution in [-0.2, 0) is 0 Å². The number of pyridine rings is 1. The summed E-state index contributed by atoms with van der Waals surface area (Å²) in [4.78, 5) is 26.5. The lowest BCUT2D eigenvalue weighted by Crippen LogP contribution is -2.35. The number of halogens is 1. The largest absolute Gasteiger partial charge is 0.492 e. The van der Waals surface area contributed by atoms with Gasteiger partial charge in [-0.1, -0.05) is 6.92 Å². The van der Waals surface area contributed by atoms with E-state index in [0.717, 1.165) is 25.8 Å². The van der Waals surface area contributed by atoms with Crippen molar-refractivity contribution in [3.05, 3.63) is 27.8 Å². The number of anilines is 2. The summed E-state index contributed by atoms with van der Waals surface area (Å²) < 4.78 is 23.0. The number of rotatable bonds is 7. The summed E-state index contributed by atoms with van der Waals surface area (Å²) in [5.74, 6) is -1.52. The summed E-state index contributed by atoms with van der Waals surface area (Å²) in [5, 5.41) is 12.8. The minimum absolute atomic E-state index is 0.0351. The third kappa shape index (κ3) is 3.50. The molecule has 31 heavy (non-hydrogen) atoms. The van der Waals surface area contributed by atoms with Crippen LogP contribution in [0, 0.1) is 11.7 Å². The first-order valence-corrected chi connectivity index (χ1v) is 10.7. The molecule has 2 heterocycles. The molecule has 2 aliphatic rings. The zero-order valence-corrected chi connectivity index (χ0v) is 18.1. The molecular formula is C22H29FN4O4. The minimum Gasteiger partial charge on any atom is -0.492 e. The number of methoxy groups -OCH3 is 1. The minimum atomic E-state index is -1.36. The Morgan fingerprint density at radius 1 is 1.42 bits per heavy atom. The van der Waals surface area contributed by atoms with Gasteiger partial charge < -0.3 is 30.4 Å². The van der Waals surface area contributed by atoms with Gasteiger partial charge in [-0.05, 0) is 38.6 Å². The lowest BCUT2D eigenvalue weighted by atomic mass is 10.0. The maximum Gasteiger partial charge on any atom is 0.341 e. The topological polar surface area (TPSA) is 110 Å². The number of carbonyl (C=O) groups is 1. The van der Waals surface area contributed by atoms with E-state index in [1.807, 2.05) is 4.90 Å². The first-order valence-electron chi connectivity index (χ1n) is 10.7. The standard InChI is InChI=1S/C22H29FN4O4/c1-4-25-11(2)12-7-8-26(9-12)19-16(23)17(24)15-18(21(19)31-3)27(13-5-6-13)10-14(20(15)28)22(29)30/h10-13,25H,4-9,24H2,1-3H3,(H,29,30). The highest BCUT2D eigenvalue weighted by Gasteiger charge is 2.35. The number of nitrogens with two attached hydrogens (primary N) is 1. The van der Waals surface area contributed by atoms with E-state index in [1.54, 1.807) is 4.57 Å². The number of nitrogens with one attached hydrogen (secondary N) is 1. The molecule has 0 radical (unpaired) electrons. The van der Waals surface area contributed by atoms with Crippen molar-refractivity contribution < 1.29 is 19.0 Å². The van der Waals surface area contributed by atoms with Crippen molar-refractivity contribution in [1.29, 1.82) is 0 Å². The van der Waals surface area contributed by atoms with Gasteiger partial charge in [0.15, 0.2) is 11.6 Å². The second kappa shape index (κ2) is 8.03. The van der Waals surface area contributed by atoms with E-state index in [1.165, 1.54) is 13.3 Å². The second-order valence-electron chi connectivity index (χ2n) is 8.49. The fourth-order valence-electron chi connectivity index (χ4n) is 4.72. The Hall–Kier alpha value is -2.81. The molecule has 0 amide bonds. The Bertz CT molecular complexity index is 1100. The Morgan fingerprint density at radius 3 is 2.71 bits per heavy atom. The van der Waals surface area contributed by atoms with Crippen molar-refractivity contribution in [3.8, 4) is 5.75 Å². The molecule has 8 nitrogen and oxygen atoms in total. The molecule has 2 fully saturated rings. The Labute approximate surface area is 179 Å². The Morgan fingerprint density at radius 2 is 2.13 bits per heavy atom. The van der Waals surface area contributed by atoms with Crippen LogP contribution in [0.4, 0.5) is 15.8 Å². The van der Waals surface area contributed by atoms with Crippen LogP contribution in [0.15, 0.2) is 11.0 Å². The highest BCUT2D eigenvalue weighted by molar-refractivity contribution is 6.03. The SMILES string of the molecule is CCNC(C)C1CCN(c2c(F)c(N)c3c(=O)c(C(=O)O)cn(C4CC4)c3c2OC)C1. The first-order chi connectivity index (χ1) is 14.8. The normalized spacial score (nSPS) is 19.7. The summed E-state index contributed by atoms with van der Waals surface area (Å²) in [6, 6.07) is 0.317. The second-order valence-corrected chi connectivity index (χ2v) is 8.49. The average Bonchev–Trinajstić information content (AvgIpc) is 3.46. The van der Waals surface area contributed by atoms with Gasteiger partial charge in [-0.3, -0.25) is 4.79 Å². The molecule has 1 saturated carbocycles. The Balaban J connectivity index is 1.93. The van der Waals surface area contributed by atoms with E-state index in [0.29, 0.717) is 24.5 Å². The molecule has 9 heteroatoms. The average molecular weight is 432 g/mol. The fraction of sp³-hybridized carbons (Fsp3) is 0.545. The zero-order valence-electron chi connectivity index (χ0n) is 18.1. The molecule has 2 atom stereocenters. The fourth-order valence-corrected chi connectivity index (χ4v) is 4.72. The number of carboxylic acids is 1. The molecular weight excluding hydrogens is 403 g/mol. The molecule has 0 bridgehead atoms. The molecule has 1 aromatic carbocycles. The molecule has 4 rings (SSSR count). The number of aromatic carboxylic acids is 1. The van der Waals surface area contributed by atoms with Gasteiger partial charge in [0.25, 0.3) is 0 Å². The number of fused-ring (bicyclic) bond motifs is 1. The lowest BCUT2D eigenvalue weighted by Gasteiger charge is -2.26. The van der Waals surface area contributed by atoms with E-state index in [9.17, 15) is 14.7 Å². The van der Waals surface area contributed by atoms with Gasteiger partial charge >= 0.3 is 5.97 Å². The van der Waals surface area contributed by atoms with Crippen LogP contribution in [0.3, 0.4) is 0 Å². The molecule has 1 saturated heterocycles. The third-order valence-corrected chi connectivity index (χ3v) is 6.53. The van der Waals surface area contributed by atoms with Crippen molar-refractivity contribution in [3.63, 3.8) is 0 Å². The maximum absolute atomic E-state index is 15.6. The van der Waals surface area contributed by atoms with E-state index in [2.05, 4.69) is 19.2 Å². The Kier molecular flexibility index (Phi) is 5.55. The van der Waals surface area contributed by atoms with E-state index < -0.39 is 22.8 Å². The van der Waals surface area contributed by atoms with Crippen LogP contribution in [0.1, 0.15) is 49.5 Å². The number of ether oxygens (including phenoxy) is 1. The highest BCUT2D eigenvalue weighted by atomic mass is 19.1. The molecule has 1 aromatic heterocycles. The van der Waals surface area contributed by atoms with Crippen molar-refractivity contribution in [2.75, 3.05) is 37.4 Å². The number of carboxylic acid groups (broad SMARTS) is 1. The van der Waals surface area contributed by atoms with Crippen LogP contribution in [-0.4, -0.2) is 48.4 Å². The van der Waals surface area contributed by atoms with Gasteiger partial charge in [-0.2, -0.15) is 0 Å². The van der Waals surface area contributed by atoms with Crippen LogP contribution >= 0.6 is 0 Å². The molecule has 1 aliphatic carbocycles. The quantitative estimate of drug-likeness (QED) is 0.577. The zero-order chi connectivity index (χ0) is 22.4. The summed E-state index contributed by atoms with van der Waals surface area (Å²) >= 11 is 0. The molecule has 1 aliphatic heterocycles. The van der Waals surface area contributed by atoms with Gasteiger partial charge in [0.05, 0.1) is 23.7 Å². The van der Waals surface area contributed by atoms with Crippen molar-refractivity contribution in [1.82, 2.24) is 9.88 Å². The van der Waals surface area contributed by atoms with Crippen LogP contribution in [0.25, 0.3) is 10.9 Å². The van der Waals surface area contributed by atoms with E-state index in [4.69, 9.17) is 10.5 Å². The summed E-state index contributed by atoms with van der Waals surface area (Å²) in [5.41, 5.74) is 5.22. The summed E-state index contributed by atoms with van der Waals surface area (Å²) in [7, 11) is 1.44. The summed E-state index contributed by atoms with van der Waals surface area (Å²) in [6.07, 6.45) is 3.92.